The molecular weight excluding hydrogens is 368 g/mol. The van der Waals surface area contributed by atoms with Crippen molar-refractivity contribution in [3.8, 4) is 17.2 Å². The first-order valence-electron chi connectivity index (χ1n) is 9.42. The monoisotopic (exact) mass is 390 g/mol. The summed E-state index contributed by atoms with van der Waals surface area (Å²) < 4.78 is 16.4. The summed E-state index contributed by atoms with van der Waals surface area (Å²) in [6.45, 7) is 1.54. The van der Waals surface area contributed by atoms with Gasteiger partial charge in [0, 0.05) is 12.2 Å². The van der Waals surface area contributed by atoms with Gasteiger partial charge in [-0.15, -0.1) is 0 Å². The van der Waals surface area contributed by atoms with Gasteiger partial charge in [-0.05, 0) is 47.5 Å². The van der Waals surface area contributed by atoms with Gasteiger partial charge < -0.3 is 24.8 Å². The Kier molecular flexibility index (Phi) is 5.92. The van der Waals surface area contributed by atoms with Gasteiger partial charge in [-0.2, -0.15) is 0 Å². The van der Waals surface area contributed by atoms with Crippen LogP contribution in [0.15, 0.2) is 72.8 Å². The minimum atomic E-state index is -0.108. The van der Waals surface area contributed by atoms with E-state index in [2.05, 4.69) is 10.6 Å². The number of nitrogens with one attached hydrogen (secondary N) is 2. The van der Waals surface area contributed by atoms with Crippen molar-refractivity contribution < 1.29 is 19.0 Å². The Morgan fingerprint density at radius 3 is 2.52 bits per heavy atom. The van der Waals surface area contributed by atoms with E-state index in [4.69, 9.17) is 14.2 Å². The number of ether oxygens (including phenoxy) is 3. The van der Waals surface area contributed by atoms with Crippen molar-refractivity contribution in [3.63, 3.8) is 0 Å². The smallest absolute Gasteiger partial charge is 0.238 e. The molecule has 0 bridgehead atoms. The summed E-state index contributed by atoms with van der Waals surface area (Å²) in [6.07, 6.45) is 0. The van der Waals surface area contributed by atoms with Gasteiger partial charge >= 0.3 is 0 Å². The molecule has 6 nitrogen and oxygen atoms in total. The molecular formula is C23H22N2O4. The third-order valence-corrected chi connectivity index (χ3v) is 4.44. The predicted molar refractivity (Wildman–Crippen MR) is 110 cm³/mol. The van der Waals surface area contributed by atoms with Gasteiger partial charge in [0.05, 0.1) is 6.54 Å². The molecule has 0 aromatic heterocycles. The molecule has 0 atom stereocenters. The molecule has 6 heteroatoms. The molecule has 0 radical (unpaired) electrons. The van der Waals surface area contributed by atoms with Crippen LogP contribution >= 0.6 is 0 Å². The van der Waals surface area contributed by atoms with Crippen molar-refractivity contribution in [2.24, 2.45) is 0 Å². The lowest BCUT2D eigenvalue weighted by Crippen LogP contribution is -2.27. The lowest BCUT2D eigenvalue weighted by atomic mass is 10.2. The Balaban J connectivity index is 1.20. The molecule has 148 valence electrons. The number of fused-ring (bicyclic) bond motifs is 1. The highest BCUT2D eigenvalue weighted by Crippen LogP contribution is 2.32. The topological polar surface area (TPSA) is 68.8 Å². The number of rotatable bonds is 8. The summed E-state index contributed by atoms with van der Waals surface area (Å²) >= 11 is 0. The van der Waals surface area contributed by atoms with Crippen LogP contribution in [-0.2, 0) is 17.9 Å². The van der Waals surface area contributed by atoms with Gasteiger partial charge in [0.15, 0.2) is 11.5 Å². The lowest BCUT2D eigenvalue weighted by Gasteiger charge is -2.09. The van der Waals surface area contributed by atoms with Crippen molar-refractivity contribution in [1.82, 2.24) is 5.32 Å². The zero-order valence-corrected chi connectivity index (χ0v) is 15.9. The maximum absolute atomic E-state index is 12.1. The molecule has 1 heterocycles. The molecule has 2 N–H and O–H groups in total. The van der Waals surface area contributed by atoms with E-state index in [-0.39, 0.29) is 19.2 Å². The van der Waals surface area contributed by atoms with Crippen molar-refractivity contribution in [1.29, 1.82) is 0 Å². The fourth-order valence-electron chi connectivity index (χ4n) is 2.95. The average Bonchev–Trinajstić information content (AvgIpc) is 3.22. The van der Waals surface area contributed by atoms with Crippen molar-refractivity contribution in [2.75, 3.05) is 18.7 Å². The van der Waals surface area contributed by atoms with Gasteiger partial charge in [0.25, 0.3) is 0 Å². The van der Waals surface area contributed by atoms with Crippen molar-refractivity contribution in [3.05, 3.63) is 83.9 Å². The minimum Gasteiger partial charge on any atom is -0.489 e. The minimum absolute atomic E-state index is 0.108. The van der Waals surface area contributed by atoms with E-state index in [1.54, 1.807) is 0 Å². The number of carbonyl (C=O) groups excluding carboxylic acids is 1. The predicted octanol–water partition coefficient (Wildman–Crippen LogP) is 3.72. The van der Waals surface area contributed by atoms with Gasteiger partial charge in [-0.25, -0.2) is 0 Å². The number of carbonyl (C=O) groups is 1. The molecule has 0 saturated heterocycles. The first-order chi connectivity index (χ1) is 14.3. The fourth-order valence-corrected chi connectivity index (χ4v) is 2.95. The summed E-state index contributed by atoms with van der Waals surface area (Å²) in [6, 6.07) is 23.1. The quantitative estimate of drug-likeness (QED) is 0.614. The molecule has 0 fully saturated rings. The average molecular weight is 390 g/mol. The van der Waals surface area contributed by atoms with E-state index < -0.39 is 0 Å². The Morgan fingerprint density at radius 2 is 1.69 bits per heavy atom. The number of anilines is 1. The summed E-state index contributed by atoms with van der Waals surface area (Å²) in [5.41, 5.74) is 2.87. The van der Waals surface area contributed by atoms with E-state index in [1.165, 1.54) is 0 Å². The third-order valence-electron chi connectivity index (χ3n) is 4.44. The van der Waals surface area contributed by atoms with Gasteiger partial charge in [0.2, 0.25) is 12.7 Å². The van der Waals surface area contributed by atoms with Gasteiger partial charge in [0.1, 0.15) is 12.4 Å². The van der Waals surface area contributed by atoms with Crippen LogP contribution in [0.2, 0.25) is 0 Å². The molecule has 0 spiro atoms. The Bertz CT molecular complexity index is 958. The SMILES string of the molecule is O=C(CNCc1ccc2c(c1)OCO2)Nc1ccc(OCc2ccccc2)cc1. The molecule has 0 saturated carbocycles. The summed E-state index contributed by atoms with van der Waals surface area (Å²) in [5.74, 6) is 2.14. The molecule has 0 unspecified atom stereocenters. The normalized spacial score (nSPS) is 11.9. The Morgan fingerprint density at radius 1 is 0.897 bits per heavy atom. The highest BCUT2D eigenvalue weighted by Gasteiger charge is 2.13. The third kappa shape index (κ3) is 5.27. The van der Waals surface area contributed by atoms with Crippen LogP contribution in [0.25, 0.3) is 0 Å². The molecule has 1 aliphatic rings. The largest absolute Gasteiger partial charge is 0.489 e. The zero-order valence-electron chi connectivity index (χ0n) is 15.9. The van der Waals surface area contributed by atoms with E-state index >= 15 is 0 Å². The number of benzene rings is 3. The molecule has 0 aliphatic carbocycles. The van der Waals surface area contributed by atoms with Crippen LogP contribution in [0.3, 0.4) is 0 Å². The first-order valence-corrected chi connectivity index (χ1v) is 9.42. The molecule has 29 heavy (non-hydrogen) atoms. The molecule has 1 aliphatic heterocycles. The van der Waals surface area contributed by atoms with Gasteiger partial charge in [-0.1, -0.05) is 36.4 Å². The lowest BCUT2D eigenvalue weighted by molar-refractivity contribution is -0.115. The van der Waals surface area contributed by atoms with Crippen LogP contribution in [0.1, 0.15) is 11.1 Å². The number of hydrogen-bond acceptors (Lipinski definition) is 5. The van der Waals surface area contributed by atoms with E-state index in [1.807, 2.05) is 72.8 Å². The summed E-state index contributed by atoms with van der Waals surface area (Å²) in [7, 11) is 0. The first kappa shape index (κ1) is 18.8. The molecule has 4 rings (SSSR count). The number of hydrogen-bond donors (Lipinski definition) is 2. The highest BCUT2D eigenvalue weighted by atomic mass is 16.7. The van der Waals surface area contributed by atoms with E-state index in [0.29, 0.717) is 13.2 Å². The fraction of sp³-hybridized carbons (Fsp3) is 0.174. The Labute approximate surface area is 169 Å². The molecule has 3 aromatic carbocycles. The second-order valence-corrected chi connectivity index (χ2v) is 6.64. The van der Waals surface area contributed by atoms with Crippen LogP contribution in [0, 0.1) is 0 Å². The van der Waals surface area contributed by atoms with E-state index in [0.717, 1.165) is 34.1 Å². The van der Waals surface area contributed by atoms with Gasteiger partial charge in [-0.3, -0.25) is 4.79 Å². The van der Waals surface area contributed by atoms with Crippen LogP contribution < -0.4 is 24.8 Å². The second-order valence-electron chi connectivity index (χ2n) is 6.64. The summed E-state index contributed by atoms with van der Waals surface area (Å²) in [4.78, 5) is 12.1. The Hall–Kier alpha value is -3.51. The maximum atomic E-state index is 12.1. The van der Waals surface area contributed by atoms with Crippen LogP contribution in [-0.4, -0.2) is 19.2 Å². The standard InChI is InChI=1S/C23H22N2O4/c26-23(14-24-13-18-6-11-21-22(12-18)29-16-28-21)25-19-7-9-20(10-8-19)27-15-17-4-2-1-3-5-17/h1-12,24H,13-16H2,(H,25,26). The summed E-state index contributed by atoms with van der Waals surface area (Å²) in [5, 5.41) is 6.00. The number of amides is 1. The van der Waals surface area contributed by atoms with E-state index in [9.17, 15) is 4.79 Å². The van der Waals surface area contributed by atoms with Crippen molar-refractivity contribution >= 4 is 11.6 Å². The van der Waals surface area contributed by atoms with Crippen LogP contribution in [0.5, 0.6) is 17.2 Å². The zero-order chi connectivity index (χ0) is 19.9. The van der Waals surface area contributed by atoms with Crippen LogP contribution in [0.4, 0.5) is 5.69 Å². The molecule has 1 amide bonds. The van der Waals surface area contributed by atoms with Crippen molar-refractivity contribution in [2.45, 2.75) is 13.2 Å². The maximum Gasteiger partial charge on any atom is 0.238 e. The molecule has 3 aromatic rings. The highest BCUT2D eigenvalue weighted by molar-refractivity contribution is 5.92. The second kappa shape index (κ2) is 9.12.